The van der Waals surface area contributed by atoms with E-state index in [4.69, 9.17) is 29.3 Å². The molecule has 1 aromatic rings. The molecule has 38 heavy (non-hydrogen) atoms. The zero-order valence-electron chi connectivity index (χ0n) is 20.5. The summed E-state index contributed by atoms with van der Waals surface area (Å²) in [4.78, 5) is 29.0. The monoisotopic (exact) mass is 560 g/mol. The van der Waals surface area contributed by atoms with Crippen LogP contribution in [0, 0.1) is 12.8 Å². The molecule has 16 heteroatoms. The number of hydrogen-bond acceptors (Lipinski definition) is 8. The molecule has 0 aromatic carbocycles. The van der Waals surface area contributed by atoms with Crippen LogP contribution < -0.4 is 5.32 Å². The van der Waals surface area contributed by atoms with Crippen molar-refractivity contribution in [2.24, 2.45) is 5.92 Å². The van der Waals surface area contributed by atoms with Crippen molar-refractivity contribution in [3.8, 4) is 0 Å². The van der Waals surface area contributed by atoms with Crippen molar-refractivity contribution in [1.82, 2.24) is 14.9 Å². The quantitative estimate of drug-likeness (QED) is 0.461. The first kappa shape index (κ1) is 31.5. The van der Waals surface area contributed by atoms with Crippen LogP contribution in [0.3, 0.4) is 0 Å². The molecule has 10 nitrogen and oxygen atoms in total. The summed E-state index contributed by atoms with van der Waals surface area (Å²) in [6, 6.07) is 0.702. The zero-order chi connectivity index (χ0) is 28.6. The highest BCUT2D eigenvalue weighted by Gasteiger charge is 2.54. The number of rotatable bonds is 5. The first-order chi connectivity index (χ1) is 17.6. The Morgan fingerprint density at radius 1 is 1.00 bits per heavy atom. The smallest absolute Gasteiger partial charge is 0.475 e. The van der Waals surface area contributed by atoms with Crippen molar-refractivity contribution in [3.05, 3.63) is 18.0 Å². The van der Waals surface area contributed by atoms with E-state index in [9.17, 15) is 26.3 Å². The summed E-state index contributed by atoms with van der Waals surface area (Å²) in [5, 5.41) is 17.6. The number of aliphatic carboxylic acids is 2. The molecule has 1 unspecified atom stereocenters. The van der Waals surface area contributed by atoms with Crippen LogP contribution in [0.1, 0.15) is 31.2 Å². The first-order valence-electron chi connectivity index (χ1n) is 11.7. The molecule has 1 spiro atoms. The average Bonchev–Trinajstić information content (AvgIpc) is 3.23. The predicted molar refractivity (Wildman–Crippen MR) is 119 cm³/mol. The van der Waals surface area contributed by atoms with Crippen LogP contribution in [0.5, 0.6) is 0 Å². The minimum atomic E-state index is -5.08. The summed E-state index contributed by atoms with van der Waals surface area (Å²) in [6.45, 7) is 7.86. The molecule has 3 saturated heterocycles. The van der Waals surface area contributed by atoms with Crippen molar-refractivity contribution < 1.29 is 55.6 Å². The van der Waals surface area contributed by atoms with Crippen LogP contribution >= 0.6 is 0 Å². The van der Waals surface area contributed by atoms with Gasteiger partial charge in [-0.15, -0.1) is 0 Å². The van der Waals surface area contributed by atoms with Gasteiger partial charge in [-0.3, -0.25) is 4.90 Å². The number of carboxylic acid groups (broad SMARTS) is 2. The summed E-state index contributed by atoms with van der Waals surface area (Å²) in [5.41, 5.74) is 1.19. The highest BCUT2D eigenvalue weighted by atomic mass is 19.4. The number of aryl methyl sites for hydroxylation is 1. The maximum absolute atomic E-state index is 10.6. The van der Waals surface area contributed by atoms with E-state index in [0.29, 0.717) is 12.0 Å². The fraction of sp³-hybridized carbons (Fsp3) is 0.727. The second-order valence-corrected chi connectivity index (χ2v) is 9.05. The van der Waals surface area contributed by atoms with Gasteiger partial charge in [-0.2, -0.15) is 26.3 Å². The van der Waals surface area contributed by atoms with Gasteiger partial charge >= 0.3 is 24.3 Å². The molecule has 3 aliphatic rings. The van der Waals surface area contributed by atoms with Gasteiger partial charge in [0.1, 0.15) is 0 Å². The molecule has 3 aliphatic heterocycles. The fourth-order valence-corrected chi connectivity index (χ4v) is 4.33. The lowest BCUT2D eigenvalue weighted by atomic mass is 9.77. The maximum Gasteiger partial charge on any atom is 0.490 e. The Morgan fingerprint density at radius 2 is 1.50 bits per heavy atom. The molecule has 3 fully saturated rings. The molecule has 0 radical (unpaired) electrons. The molecule has 4 rings (SSSR count). The minimum Gasteiger partial charge on any atom is -0.475 e. The lowest BCUT2D eigenvalue weighted by Gasteiger charge is -2.54. The van der Waals surface area contributed by atoms with E-state index in [-0.39, 0.29) is 5.60 Å². The molecule has 0 amide bonds. The Bertz CT molecular complexity index is 879. The zero-order valence-corrected chi connectivity index (χ0v) is 20.5. The highest BCUT2D eigenvalue weighted by Crippen LogP contribution is 2.43. The Morgan fingerprint density at radius 3 is 1.97 bits per heavy atom. The molecule has 4 heterocycles. The Labute approximate surface area is 214 Å². The third-order valence-electron chi connectivity index (χ3n) is 6.29. The number of halogens is 6. The van der Waals surface area contributed by atoms with Gasteiger partial charge in [-0.1, -0.05) is 0 Å². The number of alkyl halides is 6. The third-order valence-corrected chi connectivity index (χ3v) is 6.29. The van der Waals surface area contributed by atoms with E-state index in [0.717, 1.165) is 57.4 Å². The SMILES string of the molecule is Cc1cnc(NCCC2CCOC23CN(C2CCOCC2)C3)nc1.O=C(O)C(F)(F)F.O=C(O)C(F)(F)F. The first-order valence-corrected chi connectivity index (χ1v) is 11.7. The van der Waals surface area contributed by atoms with E-state index in [1.54, 1.807) is 0 Å². The Balaban J connectivity index is 0.000000301. The summed E-state index contributed by atoms with van der Waals surface area (Å²) >= 11 is 0. The highest BCUT2D eigenvalue weighted by molar-refractivity contribution is 5.73. The number of nitrogens with one attached hydrogen (secondary N) is 1. The van der Waals surface area contributed by atoms with E-state index in [1.165, 1.54) is 19.3 Å². The summed E-state index contributed by atoms with van der Waals surface area (Å²) < 4.78 is 75.1. The van der Waals surface area contributed by atoms with Gasteiger partial charge in [0.2, 0.25) is 5.95 Å². The van der Waals surface area contributed by atoms with Gasteiger partial charge in [0.15, 0.2) is 0 Å². The number of nitrogens with zero attached hydrogens (tertiary/aromatic N) is 3. The van der Waals surface area contributed by atoms with Crippen LogP contribution in [0.25, 0.3) is 0 Å². The molecule has 3 N–H and O–H groups in total. The molecular formula is C22H30F6N4O6. The second kappa shape index (κ2) is 13.4. The average molecular weight is 560 g/mol. The number of aromatic nitrogens is 2. The standard InChI is InChI=1S/C18H28N4O2.2C2HF3O2/c1-14-10-20-17(21-11-14)19-6-2-15-3-9-24-18(15)12-22(13-18)16-4-7-23-8-5-16;2*3-2(4,5)1(6)7/h10-11,15-16H,2-9,12-13H2,1H3,(H,19,20,21);2*(H,6,7). The van der Waals surface area contributed by atoms with Gasteiger partial charge in [-0.25, -0.2) is 19.6 Å². The van der Waals surface area contributed by atoms with Gasteiger partial charge in [0.25, 0.3) is 0 Å². The van der Waals surface area contributed by atoms with E-state index in [2.05, 4.69) is 20.2 Å². The van der Waals surface area contributed by atoms with E-state index < -0.39 is 24.3 Å². The number of anilines is 1. The van der Waals surface area contributed by atoms with Crippen molar-refractivity contribution in [2.75, 3.05) is 44.8 Å². The largest absolute Gasteiger partial charge is 0.490 e. The number of hydrogen-bond donors (Lipinski definition) is 3. The number of likely N-dealkylation sites (tertiary alicyclic amines) is 1. The molecule has 1 atom stereocenters. The van der Waals surface area contributed by atoms with Crippen LogP contribution in [0.2, 0.25) is 0 Å². The molecule has 0 aliphatic carbocycles. The second-order valence-electron chi connectivity index (χ2n) is 9.05. The van der Waals surface area contributed by atoms with Crippen molar-refractivity contribution in [3.63, 3.8) is 0 Å². The lowest BCUT2D eigenvalue weighted by molar-refractivity contribution is -0.193. The van der Waals surface area contributed by atoms with Gasteiger partial charge in [0, 0.05) is 57.9 Å². The fourth-order valence-electron chi connectivity index (χ4n) is 4.33. The predicted octanol–water partition coefficient (Wildman–Crippen LogP) is 3.12. The van der Waals surface area contributed by atoms with Crippen LogP contribution in [0.15, 0.2) is 12.4 Å². The number of carbonyl (C=O) groups is 2. The topological polar surface area (TPSA) is 134 Å². The Kier molecular flexibility index (Phi) is 11.1. The van der Waals surface area contributed by atoms with Gasteiger partial charge in [0.05, 0.1) is 5.60 Å². The summed E-state index contributed by atoms with van der Waals surface area (Å²) in [7, 11) is 0. The number of ether oxygens (including phenoxy) is 2. The van der Waals surface area contributed by atoms with Crippen LogP contribution in [0.4, 0.5) is 32.3 Å². The number of carboxylic acids is 2. The van der Waals surface area contributed by atoms with Crippen LogP contribution in [-0.4, -0.2) is 100 Å². The maximum atomic E-state index is 10.6. The van der Waals surface area contributed by atoms with E-state index in [1.807, 2.05) is 19.3 Å². The van der Waals surface area contributed by atoms with Crippen molar-refractivity contribution in [2.45, 2.75) is 56.6 Å². The van der Waals surface area contributed by atoms with Gasteiger partial charge in [-0.05, 0) is 44.1 Å². The normalized spacial score (nSPS) is 21.4. The summed E-state index contributed by atoms with van der Waals surface area (Å²) in [6.07, 6.45) is -1.81. The minimum absolute atomic E-state index is 0.105. The van der Waals surface area contributed by atoms with Crippen LogP contribution in [-0.2, 0) is 19.1 Å². The molecule has 0 bridgehead atoms. The van der Waals surface area contributed by atoms with Crippen molar-refractivity contribution >= 4 is 17.9 Å². The Hall–Kier alpha value is -2.72. The van der Waals surface area contributed by atoms with Gasteiger partial charge < -0.3 is 25.0 Å². The summed E-state index contributed by atoms with van der Waals surface area (Å²) in [5.74, 6) is -4.14. The molecule has 1 aromatic heterocycles. The van der Waals surface area contributed by atoms with Crippen molar-refractivity contribution in [1.29, 1.82) is 0 Å². The third kappa shape index (κ3) is 9.54. The molecule has 216 valence electrons. The lowest BCUT2D eigenvalue weighted by Crippen LogP contribution is -2.67. The molecule has 0 saturated carbocycles. The van der Waals surface area contributed by atoms with E-state index >= 15 is 0 Å². The molecular weight excluding hydrogens is 530 g/mol.